The molecule has 0 saturated heterocycles. The Morgan fingerprint density at radius 2 is 1.13 bits per heavy atom. The lowest BCUT2D eigenvalue weighted by atomic mass is 9.58. The number of carboxylic acids is 3. The van der Waals surface area contributed by atoms with Crippen LogP contribution in [0.2, 0.25) is 0 Å². The molecule has 1 rings (SSSR count). The van der Waals surface area contributed by atoms with E-state index < -0.39 is 41.3 Å². The van der Waals surface area contributed by atoms with E-state index in [2.05, 4.69) is 20.8 Å². The van der Waals surface area contributed by atoms with Crippen molar-refractivity contribution in [3.05, 3.63) is 30.3 Å². The van der Waals surface area contributed by atoms with Crippen LogP contribution in [0.4, 0.5) is 0 Å². The number of ether oxygens (including phenoxy) is 2. The van der Waals surface area contributed by atoms with Crippen molar-refractivity contribution in [2.45, 2.75) is 168 Å². The van der Waals surface area contributed by atoms with Crippen molar-refractivity contribution < 1.29 is 39.2 Å². The topological polar surface area (TPSA) is 130 Å². The van der Waals surface area contributed by atoms with Crippen LogP contribution in [0.15, 0.2) is 30.3 Å². The van der Waals surface area contributed by atoms with E-state index in [1.807, 2.05) is 18.2 Å². The average molecular weight is 663 g/mol. The number of unbranched alkanes of at least 4 members (excludes halogenated alkanes) is 16. The summed E-state index contributed by atoms with van der Waals surface area (Å²) in [6.45, 7) is 6.38. The molecule has 3 N–H and O–H groups in total. The van der Waals surface area contributed by atoms with E-state index in [0.29, 0.717) is 31.4 Å². The van der Waals surface area contributed by atoms with Gasteiger partial charge in [0, 0.05) is 12.5 Å². The molecule has 0 aromatic heterocycles. The Morgan fingerprint density at radius 1 is 0.638 bits per heavy atom. The van der Waals surface area contributed by atoms with Crippen molar-refractivity contribution in [1.82, 2.24) is 0 Å². The van der Waals surface area contributed by atoms with Crippen molar-refractivity contribution >= 4 is 17.9 Å². The van der Waals surface area contributed by atoms with E-state index in [1.54, 1.807) is 12.1 Å². The summed E-state index contributed by atoms with van der Waals surface area (Å²) in [4.78, 5) is 39.7. The van der Waals surface area contributed by atoms with Crippen molar-refractivity contribution in [2.24, 2.45) is 11.3 Å². The summed E-state index contributed by atoms with van der Waals surface area (Å²) in [7, 11) is 0. The largest absolute Gasteiger partial charge is 0.493 e. The first-order chi connectivity index (χ1) is 22.7. The van der Waals surface area contributed by atoms with E-state index in [1.165, 1.54) is 6.42 Å². The zero-order chi connectivity index (χ0) is 34.8. The quantitative estimate of drug-likeness (QED) is 0.0650. The molecule has 0 aliphatic carbocycles. The van der Waals surface area contributed by atoms with Crippen molar-refractivity contribution in [3.8, 4) is 5.75 Å². The van der Waals surface area contributed by atoms with E-state index in [9.17, 15) is 29.7 Å². The molecule has 8 heteroatoms. The minimum atomic E-state index is -2.46. The number of carbonyl (C=O) groups is 3. The average Bonchev–Trinajstić information content (AvgIpc) is 3.05. The lowest BCUT2D eigenvalue weighted by Gasteiger charge is -2.48. The summed E-state index contributed by atoms with van der Waals surface area (Å²) in [5, 5.41) is 32.3. The highest BCUT2D eigenvalue weighted by atomic mass is 16.5. The lowest BCUT2D eigenvalue weighted by molar-refractivity contribution is -0.217. The first-order valence-corrected chi connectivity index (χ1v) is 18.7. The van der Waals surface area contributed by atoms with Crippen molar-refractivity contribution in [1.29, 1.82) is 0 Å². The third-order valence-electron chi connectivity index (χ3n) is 9.67. The standard InChI is InChI=1S/C39H66O8/c1-4-7-10-13-16-17-21-26-33(32-46-34-27-22-20-23-28-34)38(36(42)43,29-24-18-14-11-8-5-2)39(37(44)45,31-35(40)41)47-30-25-19-15-12-9-6-3/h20,22-23,27-28,33H,4-19,21,24-26,29-32H2,1-3H3,(H,40,41)(H,42,43)(H,44,45). The fraction of sp³-hybridized carbons (Fsp3) is 0.769. The fourth-order valence-electron chi connectivity index (χ4n) is 6.92. The van der Waals surface area contributed by atoms with Crippen LogP contribution in [-0.4, -0.2) is 52.0 Å². The van der Waals surface area contributed by atoms with Gasteiger partial charge in [0.15, 0.2) is 5.60 Å². The van der Waals surface area contributed by atoms with Gasteiger partial charge in [-0.15, -0.1) is 0 Å². The summed E-state index contributed by atoms with van der Waals surface area (Å²) >= 11 is 0. The van der Waals surface area contributed by atoms with E-state index >= 15 is 0 Å². The second-order valence-corrected chi connectivity index (χ2v) is 13.3. The molecule has 0 aliphatic heterocycles. The maximum Gasteiger partial charge on any atom is 0.337 e. The zero-order valence-electron chi connectivity index (χ0n) is 29.8. The van der Waals surface area contributed by atoms with Gasteiger partial charge in [-0.2, -0.15) is 0 Å². The predicted molar refractivity (Wildman–Crippen MR) is 188 cm³/mol. The Kier molecular flexibility index (Phi) is 22.9. The van der Waals surface area contributed by atoms with Gasteiger partial charge in [-0.1, -0.05) is 155 Å². The van der Waals surface area contributed by atoms with Crippen molar-refractivity contribution in [2.75, 3.05) is 13.2 Å². The molecule has 270 valence electrons. The van der Waals surface area contributed by atoms with Gasteiger partial charge in [-0.3, -0.25) is 9.59 Å². The van der Waals surface area contributed by atoms with Gasteiger partial charge >= 0.3 is 17.9 Å². The molecule has 3 atom stereocenters. The molecule has 0 radical (unpaired) electrons. The number of benzene rings is 1. The normalized spacial score (nSPS) is 14.6. The van der Waals surface area contributed by atoms with Gasteiger partial charge in [0.05, 0.1) is 13.0 Å². The molecule has 0 spiro atoms. The van der Waals surface area contributed by atoms with Crippen LogP contribution in [0.3, 0.4) is 0 Å². The van der Waals surface area contributed by atoms with Crippen LogP contribution in [0, 0.1) is 11.3 Å². The molecular weight excluding hydrogens is 596 g/mol. The summed E-state index contributed by atoms with van der Waals surface area (Å²) in [5.74, 6) is -4.46. The zero-order valence-corrected chi connectivity index (χ0v) is 29.8. The van der Waals surface area contributed by atoms with Gasteiger partial charge in [-0.05, 0) is 31.4 Å². The summed E-state index contributed by atoms with van der Waals surface area (Å²) in [6, 6.07) is 9.10. The number of hydrogen-bond acceptors (Lipinski definition) is 5. The summed E-state index contributed by atoms with van der Waals surface area (Å²) in [5.41, 5.74) is -4.47. The molecule has 1 aromatic carbocycles. The Morgan fingerprint density at radius 3 is 1.62 bits per heavy atom. The first-order valence-electron chi connectivity index (χ1n) is 18.7. The van der Waals surface area contributed by atoms with Gasteiger partial charge in [0.1, 0.15) is 11.2 Å². The monoisotopic (exact) mass is 662 g/mol. The number of para-hydroxylation sites is 1. The number of carboxylic acid groups (broad SMARTS) is 3. The highest BCUT2D eigenvalue weighted by Crippen LogP contribution is 2.51. The molecule has 0 aliphatic rings. The molecule has 8 nitrogen and oxygen atoms in total. The fourth-order valence-corrected chi connectivity index (χ4v) is 6.92. The second-order valence-electron chi connectivity index (χ2n) is 13.3. The summed E-state index contributed by atoms with van der Waals surface area (Å²) < 4.78 is 12.4. The third kappa shape index (κ3) is 15.0. The molecule has 0 amide bonds. The number of hydrogen-bond donors (Lipinski definition) is 3. The maximum absolute atomic E-state index is 13.8. The van der Waals surface area contributed by atoms with E-state index in [0.717, 1.165) is 96.3 Å². The molecule has 47 heavy (non-hydrogen) atoms. The Balaban J connectivity index is 3.58. The van der Waals surface area contributed by atoms with E-state index in [-0.39, 0.29) is 19.6 Å². The molecule has 1 aromatic rings. The maximum atomic E-state index is 13.8. The van der Waals surface area contributed by atoms with Gasteiger partial charge < -0.3 is 24.8 Å². The summed E-state index contributed by atoms with van der Waals surface area (Å²) in [6.07, 6.45) is 17.5. The first kappa shape index (κ1) is 42.4. The van der Waals surface area contributed by atoms with Crippen LogP contribution >= 0.6 is 0 Å². The number of rotatable bonds is 32. The van der Waals surface area contributed by atoms with Crippen molar-refractivity contribution in [3.63, 3.8) is 0 Å². The van der Waals surface area contributed by atoms with Crippen LogP contribution < -0.4 is 4.74 Å². The Bertz CT molecular complexity index is 967. The molecule has 3 unspecified atom stereocenters. The molecule has 0 heterocycles. The van der Waals surface area contributed by atoms with Gasteiger partial charge in [-0.25, -0.2) is 4.79 Å². The highest BCUT2D eigenvalue weighted by molar-refractivity contribution is 5.92. The third-order valence-corrected chi connectivity index (χ3v) is 9.67. The minimum Gasteiger partial charge on any atom is -0.493 e. The van der Waals surface area contributed by atoms with Crippen LogP contribution in [-0.2, 0) is 19.1 Å². The lowest BCUT2D eigenvalue weighted by Crippen LogP contribution is -2.65. The smallest absolute Gasteiger partial charge is 0.337 e. The molecular formula is C39H66O8. The minimum absolute atomic E-state index is 0.00382. The second kappa shape index (κ2) is 25.4. The Labute approximate surface area is 285 Å². The number of aliphatic carboxylic acids is 3. The predicted octanol–water partition coefficient (Wildman–Crippen LogP) is 10.3. The molecule has 0 fully saturated rings. The molecule has 0 saturated carbocycles. The van der Waals surface area contributed by atoms with Crippen LogP contribution in [0.25, 0.3) is 0 Å². The van der Waals surface area contributed by atoms with Crippen LogP contribution in [0.1, 0.15) is 162 Å². The van der Waals surface area contributed by atoms with E-state index in [4.69, 9.17) is 9.47 Å². The SMILES string of the molecule is CCCCCCCCCC(COc1ccccc1)C(CCCCCCCC)(C(=O)O)C(CC(=O)O)(OCCCCCCCC)C(=O)O. The van der Waals surface area contributed by atoms with Crippen LogP contribution in [0.5, 0.6) is 5.75 Å². The Hall–Kier alpha value is -2.61. The van der Waals surface area contributed by atoms with Gasteiger partial charge in [0.2, 0.25) is 0 Å². The molecule has 0 bridgehead atoms. The highest BCUT2D eigenvalue weighted by Gasteiger charge is 2.66. The van der Waals surface area contributed by atoms with Gasteiger partial charge in [0.25, 0.3) is 0 Å².